The molecule has 108 valence electrons. The molecule has 18 heavy (non-hydrogen) atoms. The molecule has 0 aromatic heterocycles. The number of carbonyl (C=O) groups excluding carboxylic acids is 1. The second-order valence-electron chi connectivity index (χ2n) is 4.79. The Morgan fingerprint density at radius 1 is 1.00 bits per heavy atom. The number of rotatable bonds is 12. The SMILES string of the molecule is CCCCCCCCCCC[S+]([O-])CC(=O)NC. The molecule has 0 aromatic rings. The first-order valence-corrected chi connectivity index (χ1v) is 8.75. The van der Waals surface area contributed by atoms with E-state index >= 15 is 0 Å². The lowest BCUT2D eigenvalue weighted by Crippen LogP contribution is -2.28. The molecule has 0 aliphatic rings. The molecule has 0 saturated heterocycles. The van der Waals surface area contributed by atoms with Gasteiger partial charge in [-0.25, -0.2) is 0 Å². The molecule has 0 aromatic carbocycles. The van der Waals surface area contributed by atoms with Crippen LogP contribution >= 0.6 is 0 Å². The number of hydrogen-bond acceptors (Lipinski definition) is 2. The topological polar surface area (TPSA) is 52.2 Å². The van der Waals surface area contributed by atoms with E-state index in [1.165, 1.54) is 44.9 Å². The third kappa shape index (κ3) is 12.2. The highest BCUT2D eigenvalue weighted by Gasteiger charge is 2.10. The molecule has 0 radical (unpaired) electrons. The summed E-state index contributed by atoms with van der Waals surface area (Å²) in [4.78, 5) is 11.0. The molecule has 0 heterocycles. The first-order valence-electron chi connectivity index (χ1n) is 7.26. The molecule has 0 aliphatic carbocycles. The van der Waals surface area contributed by atoms with Crippen LogP contribution in [0.3, 0.4) is 0 Å². The molecule has 3 nitrogen and oxygen atoms in total. The van der Waals surface area contributed by atoms with Crippen LogP contribution in [-0.2, 0) is 16.0 Å². The third-order valence-electron chi connectivity index (χ3n) is 3.05. The fourth-order valence-corrected chi connectivity index (χ4v) is 2.97. The van der Waals surface area contributed by atoms with Gasteiger partial charge in [0.25, 0.3) is 5.91 Å². The van der Waals surface area contributed by atoms with Gasteiger partial charge in [0.1, 0.15) is 5.75 Å². The van der Waals surface area contributed by atoms with Crippen molar-refractivity contribution in [1.82, 2.24) is 5.32 Å². The van der Waals surface area contributed by atoms with Gasteiger partial charge in [0.05, 0.1) is 0 Å². The Morgan fingerprint density at radius 2 is 1.50 bits per heavy atom. The second-order valence-corrected chi connectivity index (χ2v) is 6.37. The molecule has 0 spiro atoms. The number of carbonyl (C=O) groups is 1. The average molecular weight is 275 g/mol. The fourth-order valence-electron chi connectivity index (χ4n) is 1.86. The van der Waals surface area contributed by atoms with Crippen LogP contribution in [0, 0.1) is 0 Å². The van der Waals surface area contributed by atoms with Gasteiger partial charge in [0.2, 0.25) is 0 Å². The lowest BCUT2D eigenvalue weighted by molar-refractivity contribution is -0.118. The van der Waals surface area contributed by atoms with Crippen LogP contribution in [0.15, 0.2) is 0 Å². The van der Waals surface area contributed by atoms with Crippen LogP contribution in [0.4, 0.5) is 0 Å². The summed E-state index contributed by atoms with van der Waals surface area (Å²) in [6.45, 7) is 2.24. The molecular weight excluding hydrogens is 246 g/mol. The van der Waals surface area contributed by atoms with Crippen molar-refractivity contribution in [3.8, 4) is 0 Å². The van der Waals surface area contributed by atoms with Gasteiger partial charge in [-0.05, 0) is 24.0 Å². The molecule has 0 bridgehead atoms. The zero-order chi connectivity index (χ0) is 13.6. The largest absolute Gasteiger partial charge is 0.616 e. The third-order valence-corrected chi connectivity index (χ3v) is 4.37. The van der Waals surface area contributed by atoms with Crippen molar-refractivity contribution in [3.05, 3.63) is 0 Å². The van der Waals surface area contributed by atoms with Crippen LogP contribution < -0.4 is 5.32 Å². The first-order chi connectivity index (χ1) is 8.70. The standard InChI is InChI=1S/C14H29NO2S/c1-3-4-5-6-7-8-9-10-11-12-18(17)13-14(16)15-2/h3-13H2,1-2H3,(H,15,16). The van der Waals surface area contributed by atoms with Crippen molar-refractivity contribution in [3.63, 3.8) is 0 Å². The molecule has 0 saturated carbocycles. The molecule has 0 rings (SSSR count). The predicted octanol–water partition coefficient (Wildman–Crippen LogP) is 3.01. The fraction of sp³-hybridized carbons (Fsp3) is 0.929. The maximum Gasteiger partial charge on any atom is 0.269 e. The van der Waals surface area contributed by atoms with Crippen molar-refractivity contribution < 1.29 is 9.35 Å². The first kappa shape index (κ1) is 17.8. The van der Waals surface area contributed by atoms with Gasteiger partial charge in [0.15, 0.2) is 5.75 Å². The van der Waals surface area contributed by atoms with Crippen LogP contribution in [0.5, 0.6) is 0 Å². The lowest BCUT2D eigenvalue weighted by Gasteiger charge is -2.09. The summed E-state index contributed by atoms with van der Waals surface area (Å²) in [7, 11) is 1.58. The van der Waals surface area contributed by atoms with Crippen molar-refractivity contribution >= 4 is 17.1 Å². The minimum absolute atomic E-state index is 0.121. The maximum atomic E-state index is 11.5. The second kappa shape index (κ2) is 13.2. The predicted molar refractivity (Wildman–Crippen MR) is 79.2 cm³/mol. The summed E-state index contributed by atoms with van der Waals surface area (Å²) in [5.74, 6) is 0.709. The van der Waals surface area contributed by atoms with E-state index in [0.717, 1.165) is 12.8 Å². The van der Waals surface area contributed by atoms with E-state index in [9.17, 15) is 9.35 Å². The summed E-state index contributed by atoms with van der Waals surface area (Å²) in [5.41, 5.74) is 0. The number of hydrogen-bond donors (Lipinski definition) is 1. The van der Waals surface area contributed by atoms with Crippen molar-refractivity contribution in [2.75, 3.05) is 18.6 Å². The van der Waals surface area contributed by atoms with Crippen LogP contribution in [0.2, 0.25) is 0 Å². The summed E-state index contributed by atoms with van der Waals surface area (Å²) in [6, 6.07) is 0. The van der Waals surface area contributed by atoms with E-state index in [1.807, 2.05) is 0 Å². The maximum absolute atomic E-state index is 11.5. The monoisotopic (exact) mass is 275 g/mol. The highest BCUT2D eigenvalue weighted by molar-refractivity contribution is 7.92. The highest BCUT2D eigenvalue weighted by Crippen LogP contribution is 2.10. The number of unbranched alkanes of at least 4 members (excludes halogenated alkanes) is 8. The minimum Gasteiger partial charge on any atom is -0.616 e. The Balaban J connectivity index is 3.17. The van der Waals surface area contributed by atoms with Gasteiger partial charge in [-0.2, -0.15) is 0 Å². The highest BCUT2D eigenvalue weighted by atomic mass is 32.2. The zero-order valence-corrected chi connectivity index (χ0v) is 12.8. The molecule has 1 N–H and O–H groups in total. The van der Waals surface area contributed by atoms with Crippen LogP contribution in [-0.4, -0.2) is 29.0 Å². The Morgan fingerprint density at radius 3 is 2.00 bits per heavy atom. The van der Waals surface area contributed by atoms with Crippen molar-refractivity contribution in [2.24, 2.45) is 0 Å². The van der Waals surface area contributed by atoms with Gasteiger partial charge in [-0.15, -0.1) is 0 Å². The van der Waals surface area contributed by atoms with Crippen molar-refractivity contribution in [2.45, 2.75) is 64.7 Å². The molecule has 1 amide bonds. The summed E-state index contributed by atoms with van der Waals surface area (Å²) in [5, 5.41) is 2.50. The van der Waals surface area contributed by atoms with Gasteiger partial charge < -0.3 is 9.87 Å². The Hall–Kier alpha value is -0.220. The van der Waals surface area contributed by atoms with Gasteiger partial charge in [-0.1, -0.05) is 51.9 Å². The normalized spacial score (nSPS) is 12.4. The molecule has 1 atom stereocenters. The smallest absolute Gasteiger partial charge is 0.269 e. The molecule has 0 aliphatic heterocycles. The molecular formula is C14H29NO2S. The Kier molecular flexibility index (Phi) is 13.1. The zero-order valence-electron chi connectivity index (χ0n) is 12.0. The van der Waals surface area contributed by atoms with Crippen molar-refractivity contribution in [1.29, 1.82) is 0 Å². The van der Waals surface area contributed by atoms with E-state index in [0.29, 0.717) is 5.75 Å². The van der Waals surface area contributed by atoms with E-state index in [4.69, 9.17) is 0 Å². The van der Waals surface area contributed by atoms with E-state index < -0.39 is 11.2 Å². The quantitative estimate of drug-likeness (QED) is 0.440. The number of nitrogens with one attached hydrogen (secondary N) is 1. The van der Waals surface area contributed by atoms with Crippen LogP contribution in [0.25, 0.3) is 0 Å². The van der Waals surface area contributed by atoms with Gasteiger partial charge in [0, 0.05) is 7.05 Å². The Labute approximate surface area is 115 Å². The molecule has 4 heteroatoms. The summed E-state index contributed by atoms with van der Waals surface area (Å²) < 4.78 is 11.5. The van der Waals surface area contributed by atoms with Gasteiger partial charge in [-0.3, -0.25) is 4.79 Å². The number of amides is 1. The average Bonchev–Trinajstić information content (AvgIpc) is 2.36. The van der Waals surface area contributed by atoms with Crippen LogP contribution in [0.1, 0.15) is 64.7 Å². The van der Waals surface area contributed by atoms with E-state index in [2.05, 4.69) is 12.2 Å². The molecule has 0 fully saturated rings. The lowest BCUT2D eigenvalue weighted by atomic mass is 10.1. The Bertz CT molecular complexity index is 200. The summed E-state index contributed by atoms with van der Waals surface area (Å²) in [6.07, 6.45) is 11.4. The summed E-state index contributed by atoms with van der Waals surface area (Å²) >= 11 is -0.974. The minimum atomic E-state index is -0.974. The van der Waals surface area contributed by atoms with Gasteiger partial charge >= 0.3 is 0 Å². The van der Waals surface area contributed by atoms with E-state index in [1.54, 1.807) is 7.05 Å². The van der Waals surface area contributed by atoms with E-state index in [-0.39, 0.29) is 11.7 Å². The molecule has 1 unspecified atom stereocenters.